The summed E-state index contributed by atoms with van der Waals surface area (Å²) in [6, 6.07) is 0. The average Bonchev–Trinajstić information content (AvgIpc) is 2.29. The molecule has 0 aliphatic heterocycles. The van der Waals surface area contributed by atoms with E-state index in [1.54, 1.807) is 0 Å². The number of rotatable bonds is 8. The summed E-state index contributed by atoms with van der Waals surface area (Å²) in [5, 5.41) is 0. The fourth-order valence-corrected chi connectivity index (χ4v) is 1.59. The van der Waals surface area contributed by atoms with Gasteiger partial charge < -0.3 is 4.90 Å². The third kappa shape index (κ3) is 5.01. The minimum Gasteiger partial charge on any atom is -0.372 e. The van der Waals surface area contributed by atoms with E-state index in [0.717, 1.165) is 37.2 Å². The lowest BCUT2D eigenvalue weighted by Crippen LogP contribution is -2.24. The van der Waals surface area contributed by atoms with Gasteiger partial charge in [0.05, 0.1) is 0 Å². The van der Waals surface area contributed by atoms with Gasteiger partial charge in [-0.15, -0.1) is 0 Å². The van der Waals surface area contributed by atoms with E-state index >= 15 is 0 Å². The Morgan fingerprint density at radius 2 is 1.75 bits per heavy atom. The highest BCUT2D eigenvalue weighted by Crippen LogP contribution is 2.15. The molecule has 16 heavy (non-hydrogen) atoms. The van der Waals surface area contributed by atoms with Crippen LogP contribution >= 0.6 is 0 Å². The Morgan fingerprint density at radius 3 is 2.12 bits per heavy atom. The van der Waals surface area contributed by atoms with E-state index in [2.05, 4.69) is 38.0 Å². The first-order valence-electron chi connectivity index (χ1n) is 6.10. The lowest BCUT2D eigenvalue weighted by atomic mass is 10.1. The second-order valence-corrected chi connectivity index (χ2v) is 3.79. The largest absolute Gasteiger partial charge is 0.372 e. The van der Waals surface area contributed by atoms with Crippen LogP contribution in [0.25, 0.3) is 0 Å². The van der Waals surface area contributed by atoms with Gasteiger partial charge in [-0.3, -0.25) is 0 Å². The van der Waals surface area contributed by atoms with Crippen molar-refractivity contribution < 1.29 is 0 Å². The number of allylic oxidation sites excluding steroid dienone is 4. The van der Waals surface area contributed by atoms with Gasteiger partial charge in [-0.25, -0.2) is 0 Å². The van der Waals surface area contributed by atoms with Crippen LogP contribution in [0.5, 0.6) is 0 Å². The maximum atomic E-state index is 4.17. The van der Waals surface area contributed by atoms with Crippen LogP contribution in [0.2, 0.25) is 0 Å². The van der Waals surface area contributed by atoms with Crippen LogP contribution in [0.3, 0.4) is 0 Å². The molecule has 0 aromatic heterocycles. The van der Waals surface area contributed by atoms with Crippen molar-refractivity contribution in [1.82, 2.24) is 4.90 Å². The van der Waals surface area contributed by atoms with Crippen molar-refractivity contribution in [2.75, 3.05) is 13.1 Å². The SMILES string of the molecule is C=C/C(=C\C=C/C)C(=C)N(CCC)CCC. The molecule has 0 atom stereocenters. The molecule has 0 bridgehead atoms. The molecule has 0 aromatic rings. The molecular formula is C15H25N. The molecular weight excluding hydrogens is 194 g/mol. The van der Waals surface area contributed by atoms with E-state index in [1.807, 2.05) is 25.2 Å². The Morgan fingerprint density at radius 1 is 1.19 bits per heavy atom. The van der Waals surface area contributed by atoms with Crippen LogP contribution in [0.4, 0.5) is 0 Å². The van der Waals surface area contributed by atoms with Gasteiger partial charge in [0, 0.05) is 18.8 Å². The van der Waals surface area contributed by atoms with Crippen LogP contribution in [-0.2, 0) is 0 Å². The van der Waals surface area contributed by atoms with Gasteiger partial charge in [-0.2, -0.15) is 0 Å². The normalized spacial score (nSPS) is 11.8. The lowest BCUT2D eigenvalue weighted by molar-refractivity contribution is 0.353. The topological polar surface area (TPSA) is 3.24 Å². The van der Waals surface area contributed by atoms with E-state index in [-0.39, 0.29) is 0 Å². The Bertz CT molecular complexity index is 265. The summed E-state index contributed by atoms with van der Waals surface area (Å²) in [5.41, 5.74) is 2.19. The van der Waals surface area contributed by atoms with Crippen molar-refractivity contribution in [1.29, 1.82) is 0 Å². The maximum Gasteiger partial charge on any atom is 0.0366 e. The average molecular weight is 219 g/mol. The molecule has 0 aromatic carbocycles. The highest BCUT2D eigenvalue weighted by atomic mass is 15.1. The number of hydrogen-bond donors (Lipinski definition) is 0. The zero-order chi connectivity index (χ0) is 12.4. The molecule has 0 rings (SSSR count). The van der Waals surface area contributed by atoms with Crippen molar-refractivity contribution in [3.8, 4) is 0 Å². The van der Waals surface area contributed by atoms with Gasteiger partial charge in [-0.05, 0) is 25.3 Å². The molecule has 0 aliphatic rings. The fraction of sp³-hybridized carbons (Fsp3) is 0.467. The predicted octanol–water partition coefficient (Wildman–Crippen LogP) is 4.31. The summed E-state index contributed by atoms with van der Waals surface area (Å²) in [7, 11) is 0. The van der Waals surface area contributed by atoms with E-state index < -0.39 is 0 Å². The van der Waals surface area contributed by atoms with Crippen LogP contribution in [0, 0.1) is 0 Å². The molecule has 0 aliphatic carbocycles. The maximum absolute atomic E-state index is 4.17. The van der Waals surface area contributed by atoms with Crippen LogP contribution in [0.15, 0.2) is 48.7 Å². The Balaban J connectivity index is 4.73. The van der Waals surface area contributed by atoms with Crippen molar-refractivity contribution in [3.05, 3.63) is 48.7 Å². The summed E-state index contributed by atoms with van der Waals surface area (Å²) >= 11 is 0. The van der Waals surface area contributed by atoms with Crippen molar-refractivity contribution >= 4 is 0 Å². The van der Waals surface area contributed by atoms with E-state index in [9.17, 15) is 0 Å². The van der Waals surface area contributed by atoms with E-state index in [1.165, 1.54) is 0 Å². The zero-order valence-corrected chi connectivity index (χ0v) is 11.0. The molecule has 0 fully saturated rings. The zero-order valence-electron chi connectivity index (χ0n) is 11.0. The van der Waals surface area contributed by atoms with Crippen LogP contribution in [-0.4, -0.2) is 18.0 Å². The molecule has 0 heterocycles. The van der Waals surface area contributed by atoms with Gasteiger partial charge in [0.1, 0.15) is 0 Å². The highest BCUT2D eigenvalue weighted by Gasteiger charge is 2.07. The predicted molar refractivity (Wildman–Crippen MR) is 74.4 cm³/mol. The number of nitrogens with zero attached hydrogens (tertiary/aromatic N) is 1. The minimum absolute atomic E-state index is 1.06. The summed E-state index contributed by atoms with van der Waals surface area (Å²) in [5.74, 6) is 0. The number of hydrogen-bond acceptors (Lipinski definition) is 1. The van der Waals surface area contributed by atoms with E-state index in [0.29, 0.717) is 0 Å². The molecule has 1 heteroatoms. The Hall–Kier alpha value is -1.24. The quantitative estimate of drug-likeness (QED) is 0.550. The van der Waals surface area contributed by atoms with Crippen LogP contribution < -0.4 is 0 Å². The summed E-state index contributed by atoms with van der Waals surface area (Å²) in [6.45, 7) is 16.5. The molecule has 0 N–H and O–H groups in total. The second-order valence-electron chi connectivity index (χ2n) is 3.79. The first-order chi connectivity index (χ1) is 7.71. The third-order valence-electron chi connectivity index (χ3n) is 2.39. The molecule has 0 spiro atoms. The van der Waals surface area contributed by atoms with Gasteiger partial charge in [-0.1, -0.05) is 51.3 Å². The third-order valence-corrected chi connectivity index (χ3v) is 2.39. The molecule has 0 saturated carbocycles. The standard InChI is InChI=1S/C15H25N/c1-6-10-11-15(9-4)14(5)16(12-7-2)13-8-3/h6,9-11H,4-5,7-8,12-13H2,1-3H3/b10-6-,15-11+. The molecule has 0 radical (unpaired) electrons. The van der Waals surface area contributed by atoms with Gasteiger partial charge in [0.15, 0.2) is 0 Å². The first-order valence-corrected chi connectivity index (χ1v) is 6.10. The van der Waals surface area contributed by atoms with E-state index in [4.69, 9.17) is 0 Å². The Labute approximate surface area is 101 Å². The highest BCUT2D eigenvalue weighted by molar-refractivity contribution is 5.38. The second kappa shape index (κ2) is 9.02. The molecule has 90 valence electrons. The van der Waals surface area contributed by atoms with Gasteiger partial charge in [0.25, 0.3) is 0 Å². The monoisotopic (exact) mass is 219 g/mol. The van der Waals surface area contributed by atoms with Gasteiger partial charge >= 0.3 is 0 Å². The smallest absolute Gasteiger partial charge is 0.0366 e. The molecule has 0 amide bonds. The van der Waals surface area contributed by atoms with Crippen molar-refractivity contribution in [2.45, 2.75) is 33.6 Å². The van der Waals surface area contributed by atoms with Crippen LogP contribution in [0.1, 0.15) is 33.6 Å². The van der Waals surface area contributed by atoms with Gasteiger partial charge in [0.2, 0.25) is 0 Å². The van der Waals surface area contributed by atoms with Crippen molar-refractivity contribution in [3.63, 3.8) is 0 Å². The Kier molecular flexibility index (Phi) is 8.32. The summed E-state index contributed by atoms with van der Waals surface area (Å²) < 4.78 is 0. The fourth-order valence-electron chi connectivity index (χ4n) is 1.59. The summed E-state index contributed by atoms with van der Waals surface area (Å²) in [4.78, 5) is 2.33. The molecule has 0 saturated heterocycles. The first kappa shape index (κ1) is 14.8. The minimum atomic E-state index is 1.06. The van der Waals surface area contributed by atoms with Crippen molar-refractivity contribution in [2.24, 2.45) is 0 Å². The molecule has 1 nitrogen and oxygen atoms in total. The lowest BCUT2D eigenvalue weighted by Gasteiger charge is -2.26. The molecule has 0 unspecified atom stereocenters. The summed E-state index contributed by atoms with van der Waals surface area (Å²) in [6.07, 6.45) is 10.3.